The Morgan fingerprint density at radius 2 is 2.04 bits per heavy atom. The van der Waals surface area contributed by atoms with Crippen molar-refractivity contribution in [3.05, 3.63) is 29.8 Å². The minimum Gasteiger partial charge on any atom is -0.352 e. The lowest BCUT2D eigenvalue weighted by Gasteiger charge is -2.34. The normalized spacial score (nSPS) is 21.3. The van der Waals surface area contributed by atoms with Crippen molar-refractivity contribution in [3.8, 4) is 0 Å². The maximum absolute atomic E-state index is 13.1. The van der Waals surface area contributed by atoms with E-state index in [2.05, 4.69) is 5.32 Å². The lowest BCUT2D eigenvalue weighted by Crippen LogP contribution is -2.52. The van der Waals surface area contributed by atoms with Gasteiger partial charge in [-0.1, -0.05) is 19.1 Å². The number of nitrogens with one attached hydrogen (secondary N) is 1. The molecule has 3 amide bonds. The predicted molar refractivity (Wildman–Crippen MR) is 95.4 cm³/mol. The van der Waals surface area contributed by atoms with Gasteiger partial charge in [-0.3, -0.25) is 14.4 Å². The molecule has 0 aliphatic carbocycles. The fraction of sp³-hybridized carbons (Fsp3) is 0.526. The summed E-state index contributed by atoms with van der Waals surface area (Å²) in [6.45, 7) is 4.46. The molecule has 1 fully saturated rings. The van der Waals surface area contributed by atoms with Crippen LogP contribution in [0, 0.1) is 0 Å². The fourth-order valence-corrected chi connectivity index (χ4v) is 3.50. The summed E-state index contributed by atoms with van der Waals surface area (Å²) < 4.78 is 0. The zero-order valence-corrected chi connectivity index (χ0v) is 14.8. The molecule has 6 heteroatoms. The van der Waals surface area contributed by atoms with Crippen LogP contribution in [0.3, 0.4) is 0 Å². The topological polar surface area (TPSA) is 69.7 Å². The third-order valence-electron chi connectivity index (χ3n) is 5.06. The first-order chi connectivity index (χ1) is 12.0. The van der Waals surface area contributed by atoms with Crippen LogP contribution in [0.1, 0.15) is 49.9 Å². The van der Waals surface area contributed by atoms with Crippen LogP contribution in [0.4, 0.5) is 5.69 Å². The van der Waals surface area contributed by atoms with E-state index in [9.17, 15) is 14.4 Å². The molecule has 0 bridgehead atoms. The van der Waals surface area contributed by atoms with Crippen molar-refractivity contribution in [1.29, 1.82) is 0 Å². The van der Waals surface area contributed by atoms with Crippen molar-refractivity contribution >= 4 is 23.4 Å². The van der Waals surface area contributed by atoms with Gasteiger partial charge >= 0.3 is 0 Å². The smallest absolute Gasteiger partial charge is 0.256 e. The number of anilines is 1. The SMILES string of the molecule is CC[C@@H](C)NC(=O)CN1C(=O)[C@H]2CCCCN2C(=O)c2ccccc21. The molecule has 1 aromatic rings. The van der Waals surface area contributed by atoms with E-state index in [1.165, 1.54) is 4.90 Å². The molecule has 0 saturated carbocycles. The standard InChI is InChI=1S/C19H25N3O3/c1-3-13(2)20-17(23)12-22-15-9-5-4-8-14(15)18(24)21-11-7-6-10-16(21)19(22)25/h4-5,8-9,13,16H,3,6-7,10-12H2,1-2H3,(H,20,23)/t13-,16-/m1/s1. The van der Waals surface area contributed by atoms with Crippen LogP contribution in [-0.4, -0.2) is 47.8 Å². The molecule has 1 aromatic carbocycles. The number of hydrogen-bond acceptors (Lipinski definition) is 3. The first kappa shape index (κ1) is 17.5. The van der Waals surface area contributed by atoms with Crippen molar-refractivity contribution in [2.75, 3.05) is 18.0 Å². The minimum absolute atomic E-state index is 0.0534. The Morgan fingerprint density at radius 1 is 1.28 bits per heavy atom. The highest BCUT2D eigenvalue weighted by Crippen LogP contribution is 2.31. The summed E-state index contributed by atoms with van der Waals surface area (Å²) in [6, 6.07) is 6.66. The summed E-state index contributed by atoms with van der Waals surface area (Å²) in [5.41, 5.74) is 1.03. The second kappa shape index (κ2) is 7.25. The van der Waals surface area contributed by atoms with Crippen molar-refractivity contribution in [2.24, 2.45) is 0 Å². The van der Waals surface area contributed by atoms with Gasteiger partial charge in [-0.05, 0) is 44.7 Å². The van der Waals surface area contributed by atoms with Gasteiger partial charge in [0, 0.05) is 12.6 Å². The predicted octanol–water partition coefficient (Wildman–Crippen LogP) is 1.94. The molecule has 0 radical (unpaired) electrons. The number of amides is 3. The maximum Gasteiger partial charge on any atom is 0.256 e. The van der Waals surface area contributed by atoms with E-state index >= 15 is 0 Å². The van der Waals surface area contributed by atoms with Gasteiger partial charge in [0.2, 0.25) is 11.8 Å². The summed E-state index contributed by atoms with van der Waals surface area (Å²) in [5, 5.41) is 2.90. The number of rotatable bonds is 4. The Morgan fingerprint density at radius 3 is 2.80 bits per heavy atom. The van der Waals surface area contributed by atoms with Crippen LogP contribution < -0.4 is 10.2 Å². The molecule has 25 heavy (non-hydrogen) atoms. The fourth-order valence-electron chi connectivity index (χ4n) is 3.50. The molecular formula is C19H25N3O3. The third kappa shape index (κ3) is 3.38. The molecule has 2 aliphatic rings. The number of carbonyl (C=O) groups excluding carboxylic acids is 3. The summed E-state index contributed by atoms with van der Waals surface area (Å²) in [4.78, 5) is 41.6. The van der Waals surface area contributed by atoms with Gasteiger partial charge in [0.1, 0.15) is 12.6 Å². The molecule has 2 atom stereocenters. The quantitative estimate of drug-likeness (QED) is 0.908. The number of piperidine rings is 1. The number of hydrogen-bond donors (Lipinski definition) is 1. The van der Waals surface area contributed by atoms with E-state index in [0.717, 1.165) is 19.3 Å². The number of nitrogens with zero attached hydrogens (tertiary/aromatic N) is 2. The largest absolute Gasteiger partial charge is 0.352 e. The number of para-hydroxylation sites is 1. The minimum atomic E-state index is -0.468. The van der Waals surface area contributed by atoms with E-state index in [1.54, 1.807) is 29.2 Å². The molecule has 134 valence electrons. The highest BCUT2D eigenvalue weighted by atomic mass is 16.2. The van der Waals surface area contributed by atoms with Gasteiger partial charge in [0.25, 0.3) is 5.91 Å². The van der Waals surface area contributed by atoms with Crippen molar-refractivity contribution < 1.29 is 14.4 Å². The first-order valence-electron chi connectivity index (χ1n) is 9.03. The monoisotopic (exact) mass is 343 g/mol. The maximum atomic E-state index is 13.1. The molecule has 2 heterocycles. The van der Waals surface area contributed by atoms with E-state index in [-0.39, 0.29) is 30.3 Å². The molecule has 2 aliphatic heterocycles. The van der Waals surface area contributed by atoms with Crippen molar-refractivity contribution in [1.82, 2.24) is 10.2 Å². The molecule has 0 aromatic heterocycles. The molecular weight excluding hydrogens is 318 g/mol. The Hall–Kier alpha value is -2.37. The van der Waals surface area contributed by atoms with Gasteiger partial charge in [0.05, 0.1) is 11.3 Å². The number of benzene rings is 1. The summed E-state index contributed by atoms with van der Waals surface area (Å²) in [6.07, 6.45) is 3.31. The van der Waals surface area contributed by atoms with Crippen LogP contribution in [0.2, 0.25) is 0 Å². The molecule has 0 spiro atoms. The molecule has 1 N–H and O–H groups in total. The van der Waals surface area contributed by atoms with Gasteiger partial charge < -0.3 is 15.1 Å². The second-order valence-corrected chi connectivity index (χ2v) is 6.83. The average Bonchev–Trinajstić information content (AvgIpc) is 2.72. The van der Waals surface area contributed by atoms with Crippen LogP contribution in [0.5, 0.6) is 0 Å². The summed E-state index contributed by atoms with van der Waals surface area (Å²) >= 11 is 0. The van der Waals surface area contributed by atoms with Crippen LogP contribution in [-0.2, 0) is 9.59 Å². The van der Waals surface area contributed by atoms with E-state index in [4.69, 9.17) is 0 Å². The molecule has 1 saturated heterocycles. The first-order valence-corrected chi connectivity index (χ1v) is 9.03. The highest BCUT2D eigenvalue weighted by Gasteiger charge is 2.40. The van der Waals surface area contributed by atoms with Crippen molar-refractivity contribution in [2.45, 2.75) is 51.6 Å². The van der Waals surface area contributed by atoms with Crippen molar-refractivity contribution in [3.63, 3.8) is 0 Å². The lowest BCUT2D eigenvalue weighted by atomic mass is 10.0. The van der Waals surface area contributed by atoms with Gasteiger partial charge in [-0.2, -0.15) is 0 Å². The Kier molecular flexibility index (Phi) is 5.06. The van der Waals surface area contributed by atoms with Gasteiger partial charge in [0.15, 0.2) is 0 Å². The van der Waals surface area contributed by atoms with Gasteiger partial charge in [-0.25, -0.2) is 0 Å². The number of fused-ring (bicyclic) bond motifs is 2. The van der Waals surface area contributed by atoms with E-state index in [1.807, 2.05) is 13.8 Å². The van der Waals surface area contributed by atoms with E-state index in [0.29, 0.717) is 24.2 Å². The number of carbonyl (C=O) groups is 3. The second-order valence-electron chi connectivity index (χ2n) is 6.83. The van der Waals surface area contributed by atoms with Crippen LogP contribution in [0.25, 0.3) is 0 Å². The van der Waals surface area contributed by atoms with Crippen LogP contribution >= 0.6 is 0 Å². The average molecular weight is 343 g/mol. The van der Waals surface area contributed by atoms with Crippen LogP contribution in [0.15, 0.2) is 24.3 Å². The molecule has 3 rings (SSSR count). The Balaban J connectivity index is 1.95. The Labute approximate surface area is 148 Å². The molecule has 0 unspecified atom stereocenters. The zero-order chi connectivity index (χ0) is 18.0. The Bertz CT molecular complexity index is 688. The molecule has 6 nitrogen and oxygen atoms in total. The van der Waals surface area contributed by atoms with Gasteiger partial charge in [-0.15, -0.1) is 0 Å². The van der Waals surface area contributed by atoms with E-state index < -0.39 is 6.04 Å². The third-order valence-corrected chi connectivity index (χ3v) is 5.06. The highest BCUT2D eigenvalue weighted by molar-refractivity contribution is 6.12. The lowest BCUT2D eigenvalue weighted by molar-refractivity contribution is -0.127. The summed E-state index contributed by atoms with van der Waals surface area (Å²) in [5.74, 6) is -0.468. The zero-order valence-electron chi connectivity index (χ0n) is 14.8. The summed E-state index contributed by atoms with van der Waals surface area (Å²) in [7, 11) is 0.